The molecule has 1 aromatic carbocycles. The summed E-state index contributed by atoms with van der Waals surface area (Å²) in [6.07, 6.45) is -4.59. The Kier molecular flexibility index (Phi) is 2.77. The van der Waals surface area contributed by atoms with E-state index in [1.54, 1.807) is 0 Å². The zero-order chi connectivity index (χ0) is 13.3. The Labute approximate surface area is 97.9 Å². The molecule has 5 nitrogen and oxygen atoms in total. The molecule has 18 heavy (non-hydrogen) atoms. The highest BCUT2D eigenvalue weighted by atomic mass is 19.4. The van der Waals surface area contributed by atoms with Crippen molar-refractivity contribution in [2.75, 3.05) is 0 Å². The predicted molar refractivity (Wildman–Crippen MR) is 51.7 cm³/mol. The van der Waals surface area contributed by atoms with Crippen molar-refractivity contribution in [2.45, 2.75) is 6.18 Å². The molecule has 0 fully saturated rings. The summed E-state index contributed by atoms with van der Waals surface area (Å²) >= 11 is 0. The Hall–Kier alpha value is -2.38. The molecule has 1 heterocycles. The molecule has 0 saturated heterocycles. The molecule has 1 N–H and O–H groups in total. The number of hydrogen-bond donors (Lipinski definition) is 1. The van der Waals surface area contributed by atoms with Crippen molar-refractivity contribution < 1.29 is 27.6 Å². The van der Waals surface area contributed by atoms with Crippen molar-refractivity contribution in [2.24, 2.45) is 0 Å². The Morgan fingerprint density at radius 1 is 1.28 bits per heavy atom. The summed E-state index contributed by atoms with van der Waals surface area (Å²) in [6.45, 7) is 0. The van der Waals surface area contributed by atoms with Gasteiger partial charge in [-0.2, -0.15) is 18.2 Å². The Morgan fingerprint density at radius 2 is 1.94 bits per heavy atom. The second kappa shape index (κ2) is 4.13. The summed E-state index contributed by atoms with van der Waals surface area (Å²) in [6, 6.07) is 4.54. The van der Waals surface area contributed by atoms with E-state index in [4.69, 9.17) is 5.11 Å². The minimum atomic E-state index is -4.59. The largest absolute Gasteiger partial charge is 0.475 e. The van der Waals surface area contributed by atoms with E-state index in [0.717, 1.165) is 12.1 Å². The van der Waals surface area contributed by atoms with Crippen molar-refractivity contribution in [3.05, 3.63) is 35.7 Å². The number of rotatable bonds is 2. The third kappa shape index (κ3) is 2.17. The van der Waals surface area contributed by atoms with Crippen LogP contribution in [0, 0.1) is 0 Å². The predicted octanol–water partition coefficient (Wildman–Crippen LogP) is 2.45. The van der Waals surface area contributed by atoms with Crippen LogP contribution < -0.4 is 0 Å². The van der Waals surface area contributed by atoms with Crippen LogP contribution >= 0.6 is 0 Å². The number of alkyl halides is 3. The molecule has 0 bridgehead atoms. The van der Waals surface area contributed by atoms with Crippen LogP contribution in [-0.2, 0) is 6.18 Å². The van der Waals surface area contributed by atoms with Crippen LogP contribution in [0.3, 0.4) is 0 Å². The number of aromatic carboxylic acids is 1. The summed E-state index contributed by atoms with van der Waals surface area (Å²) in [5, 5.41) is 11.6. The number of carboxylic acids is 1. The molecule has 0 saturated carbocycles. The molecule has 0 unspecified atom stereocenters. The number of benzene rings is 1. The smallest absolute Gasteiger partial charge is 0.417 e. The Morgan fingerprint density at radius 3 is 2.50 bits per heavy atom. The van der Waals surface area contributed by atoms with Crippen molar-refractivity contribution in [1.82, 2.24) is 10.1 Å². The Balaban J connectivity index is 2.53. The fourth-order valence-electron chi connectivity index (χ4n) is 1.34. The first kappa shape index (κ1) is 12.1. The van der Waals surface area contributed by atoms with Gasteiger partial charge in [0.15, 0.2) is 0 Å². The minimum absolute atomic E-state index is 0.356. The van der Waals surface area contributed by atoms with Gasteiger partial charge >= 0.3 is 12.1 Å². The third-order valence-electron chi connectivity index (χ3n) is 2.08. The molecular formula is C10H5F3N2O3. The molecule has 0 amide bonds. The zero-order valence-electron chi connectivity index (χ0n) is 8.60. The van der Waals surface area contributed by atoms with Gasteiger partial charge in [0.1, 0.15) is 0 Å². The minimum Gasteiger partial charge on any atom is -0.475 e. The van der Waals surface area contributed by atoms with Gasteiger partial charge < -0.3 is 9.63 Å². The van der Waals surface area contributed by atoms with Crippen molar-refractivity contribution >= 4 is 5.97 Å². The Bertz CT molecular complexity index is 592. The zero-order valence-corrected chi connectivity index (χ0v) is 8.60. The summed E-state index contributed by atoms with van der Waals surface area (Å²) in [5.74, 6) is -2.66. The van der Waals surface area contributed by atoms with Crippen molar-refractivity contribution in [3.63, 3.8) is 0 Å². The van der Waals surface area contributed by atoms with E-state index in [1.165, 1.54) is 12.1 Å². The number of hydrogen-bond acceptors (Lipinski definition) is 4. The van der Waals surface area contributed by atoms with Gasteiger partial charge in [-0.05, 0) is 17.3 Å². The fourth-order valence-corrected chi connectivity index (χ4v) is 1.34. The first-order valence-electron chi connectivity index (χ1n) is 4.63. The molecule has 0 aliphatic heterocycles. The van der Waals surface area contributed by atoms with Crippen molar-refractivity contribution in [3.8, 4) is 11.5 Å². The summed E-state index contributed by atoms with van der Waals surface area (Å²) in [4.78, 5) is 13.9. The maximum atomic E-state index is 12.7. The summed E-state index contributed by atoms with van der Waals surface area (Å²) in [5.41, 5.74) is -1.32. The quantitative estimate of drug-likeness (QED) is 0.895. The molecular weight excluding hydrogens is 253 g/mol. The first-order valence-corrected chi connectivity index (χ1v) is 4.63. The molecule has 0 aliphatic carbocycles. The summed E-state index contributed by atoms with van der Waals surface area (Å²) < 4.78 is 42.6. The average molecular weight is 258 g/mol. The fraction of sp³-hybridized carbons (Fsp3) is 0.100. The third-order valence-corrected chi connectivity index (χ3v) is 2.08. The van der Waals surface area contributed by atoms with E-state index < -0.39 is 29.4 Å². The van der Waals surface area contributed by atoms with Gasteiger partial charge in [0.25, 0.3) is 11.7 Å². The second-order valence-electron chi connectivity index (χ2n) is 3.27. The van der Waals surface area contributed by atoms with Crippen LogP contribution in [0.1, 0.15) is 16.2 Å². The van der Waals surface area contributed by atoms with Crippen LogP contribution in [0.15, 0.2) is 28.8 Å². The number of carboxylic acid groups (broad SMARTS) is 1. The van der Waals surface area contributed by atoms with E-state index in [2.05, 4.69) is 14.7 Å². The van der Waals surface area contributed by atoms with Gasteiger partial charge in [0, 0.05) is 0 Å². The van der Waals surface area contributed by atoms with Gasteiger partial charge in [-0.1, -0.05) is 12.1 Å². The number of carbonyl (C=O) groups is 1. The van der Waals surface area contributed by atoms with E-state index in [9.17, 15) is 18.0 Å². The van der Waals surface area contributed by atoms with E-state index in [-0.39, 0.29) is 5.56 Å². The second-order valence-corrected chi connectivity index (χ2v) is 3.27. The highest BCUT2D eigenvalue weighted by Gasteiger charge is 2.35. The van der Waals surface area contributed by atoms with E-state index >= 15 is 0 Å². The van der Waals surface area contributed by atoms with Crippen molar-refractivity contribution in [1.29, 1.82) is 0 Å². The lowest BCUT2D eigenvalue weighted by molar-refractivity contribution is -0.137. The van der Waals surface area contributed by atoms with Crippen LogP contribution in [0.2, 0.25) is 0 Å². The molecule has 0 spiro atoms. The molecule has 2 aromatic rings. The lowest BCUT2D eigenvalue weighted by atomic mass is 10.1. The van der Waals surface area contributed by atoms with Gasteiger partial charge in [-0.15, -0.1) is 0 Å². The molecule has 8 heteroatoms. The maximum Gasteiger partial charge on any atom is 0.417 e. The molecule has 94 valence electrons. The molecule has 0 radical (unpaired) electrons. The van der Waals surface area contributed by atoms with Crippen LogP contribution in [0.4, 0.5) is 13.2 Å². The molecule has 0 atom stereocenters. The lowest BCUT2D eigenvalue weighted by Crippen LogP contribution is -2.07. The van der Waals surface area contributed by atoms with E-state index in [1.807, 2.05) is 0 Å². The average Bonchev–Trinajstić information content (AvgIpc) is 2.77. The van der Waals surface area contributed by atoms with Gasteiger partial charge in [0.05, 0.1) is 11.1 Å². The topological polar surface area (TPSA) is 76.2 Å². The monoisotopic (exact) mass is 258 g/mol. The lowest BCUT2D eigenvalue weighted by Gasteiger charge is -2.09. The van der Waals surface area contributed by atoms with E-state index in [0.29, 0.717) is 0 Å². The van der Waals surface area contributed by atoms with Gasteiger partial charge in [-0.25, -0.2) is 4.79 Å². The molecule has 0 aliphatic rings. The van der Waals surface area contributed by atoms with Gasteiger partial charge in [0.2, 0.25) is 0 Å². The highest BCUT2D eigenvalue weighted by molar-refractivity contribution is 5.83. The maximum absolute atomic E-state index is 12.7. The number of aromatic nitrogens is 2. The first-order chi connectivity index (χ1) is 8.39. The highest BCUT2D eigenvalue weighted by Crippen LogP contribution is 2.36. The number of halogens is 3. The number of nitrogens with zero attached hydrogens (tertiary/aromatic N) is 2. The SMILES string of the molecule is O=C(O)c1noc(-c2ccccc2C(F)(F)F)n1. The normalized spacial score (nSPS) is 11.5. The van der Waals surface area contributed by atoms with Gasteiger partial charge in [-0.3, -0.25) is 0 Å². The summed E-state index contributed by atoms with van der Waals surface area (Å²) in [7, 11) is 0. The molecule has 1 aromatic heterocycles. The molecule has 2 rings (SSSR count). The van der Waals surface area contributed by atoms with Crippen LogP contribution in [0.5, 0.6) is 0 Å². The van der Waals surface area contributed by atoms with Crippen LogP contribution in [-0.4, -0.2) is 21.2 Å². The van der Waals surface area contributed by atoms with Crippen LogP contribution in [0.25, 0.3) is 11.5 Å². The standard InChI is InChI=1S/C10H5F3N2O3/c11-10(12,13)6-4-2-1-3-5(6)8-14-7(9(16)17)15-18-8/h1-4H,(H,16,17).